The standard InChI is InChI=1S/C22H26N2O2/c1-17-7-9-18(10-8-17)20(13-16-24-14-2-3-15-24)21-6-4-5-19(23-21)11-12-22(25)26/h4-10,13H,2-3,11-12,14-16H2,1H3,(H,25,26)/b20-13+. The van der Waals surface area contributed by atoms with Crippen LogP contribution in [0.4, 0.5) is 0 Å². The van der Waals surface area contributed by atoms with Gasteiger partial charge in [0, 0.05) is 24.2 Å². The second kappa shape index (κ2) is 8.77. The average molecular weight is 350 g/mol. The molecule has 1 N–H and O–H groups in total. The van der Waals surface area contributed by atoms with Gasteiger partial charge < -0.3 is 5.11 Å². The lowest BCUT2D eigenvalue weighted by atomic mass is 10.00. The molecule has 4 heteroatoms. The van der Waals surface area contributed by atoms with Crippen molar-refractivity contribution in [2.45, 2.75) is 32.6 Å². The molecular weight excluding hydrogens is 324 g/mol. The normalized spacial score (nSPS) is 15.3. The Morgan fingerprint density at radius 1 is 1.15 bits per heavy atom. The van der Waals surface area contributed by atoms with Gasteiger partial charge in [-0.15, -0.1) is 0 Å². The summed E-state index contributed by atoms with van der Waals surface area (Å²) in [6, 6.07) is 14.4. The number of aliphatic carboxylic acids is 1. The van der Waals surface area contributed by atoms with E-state index in [0.29, 0.717) is 6.42 Å². The third kappa shape index (κ3) is 5.02. The smallest absolute Gasteiger partial charge is 0.303 e. The maximum absolute atomic E-state index is 10.8. The first-order chi connectivity index (χ1) is 12.6. The summed E-state index contributed by atoms with van der Waals surface area (Å²) in [7, 11) is 0. The minimum atomic E-state index is -0.791. The molecule has 0 unspecified atom stereocenters. The van der Waals surface area contributed by atoms with Crippen molar-refractivity contribution in [1.82, 2.24) is 9.88 Å². The van der Waals surface area contributed by atoms with Crippen LogP contribution in [0.25, 0.3) is 5.57 Å². The summed E-state index contributed by atoms with van der Waals surface area (Å²) in [5.74, 6) is -0.791. The van der Waals surface area contributed by atoms with Gasteiger partial charge in [-0.25, -0.2) is 0 Å². The van der Waals surface area contributed by atoms with Crippen LogP contribution in [0.3, 0.4) is 0 Å². The summed E-state index contributed by atoms with van der Waals surface area (Å²) in [6.07, 6.45) is 5.37. The fourth-order valence-corrected chi connectivity index (χ4v) is 3.29. The lowest BCUT2D eigenvalue weighted by molar-refractivity contribution is -0.136. The van der Waals surface area contributed by atoms with Crippen LogP contribution in [-0.2, 0) is 11.2 Å². The summed E-state index contributed by atoms with van der Waals surface area (Å²) in [5, 5.41) is 8.92. The molecule has 2 heterocycles. The van der Waals surface area contributed by atoms with E-state index in [-0.39, 0.29) is 6.42 Å². The van der Waals surface area contributed by atoms with Crippen molar-refractivity contribution in [3.63, 3.8) is 0 Å². The quantitative estimate of drug-likeness (QED) is 0.822. The van der Waals surface area contributed by atoms with E-state index in [4.69, 9.17) is 10.1 Å². The number of likely N-dealkylation sites (tertiary alicyclic amines) is 1. The van der Waals surface area contributed by atoms with Crippen molar-refractivity contribution < 1.29 is 9.90 Å². The lowest BCUT2D eigenvalue weighted by Crippen LogP contribution is -2.19. The molecule has 0 spiro atoms. The molecule has 1 aliphatic heterocycles. The van der Waals surface area contributed by atoms with E-state index in [9.17, 15) is 4.79 Å². The Morgan fingerprint density at radius 3 is 2.58 bits per heavy atom. The van der Waals surface area contributed by atoms with Gasteiger partial charge in [0.25, 0.3) is 0 Å². The molecule has 1 aromatic carbocycles. The summed E-state index contributed by atoms with van der Waals surface area (Å²) in [6.45, 7) is 5.32. The fourth-order valence-electron chi connectivity index (χ4n) is 3.29. The fraction of sp³-hybridized carbons (Fsp3) is 0.364. The van der Waals surface area contributed by atoms with Gasteiger partial charge in [-0.05, 0) is 50.6 Å². The zero-order valence-electron chi connectivity index (χ0n) is 15.3. The summed E-state index contributed by atoms with van der Waals surface area (Å²) < 4.78 is 0. The number of carboxylic acid groups (broad SMARTS) is 1. The average Bonchev–Trinajstić information content (AvgIpc) is 3.15. The van der Waals surface area contributed by atoms with Crippen LogP contribution >= 0.6 is 0 Å². The molecule has 1 aliphatic rings. The maximum Gasteiger partial charge on any atom is 0.303 e. The third-order valence-corrected chi connectivity index (χ3v) is 4.79. The Labute approximate surface area is 155 Å². The highest BCUT2D eigenvalue weighted by Gasteiger charge is 2.12. The Balaban J connectivity index is 1.89. The number of hydrogen-bond donors (Lipinski definition) is 1. The van der Waals surface area contributed by atoms with Crippen LogP contribution < -0.4 is 0 Å². The first kappa shape index (κ1) is 18.3. The van der Waals surface area contributed by atoms with Crippen LogP contribution in [0, 0.1) is 6.92 Å². The highest BCUT2D eigenvalue weighted by atomic mass is 16.4. The molecule has 0 bridgehead atoms. The van der Waals surface area contributed by atoms with Crippen molar-refractivity contribution >= 4 is 11.5 Å². The predicted octanol–water partition coefficient (Wildman–Crippen LogP) is 3.93. The number of benzene rings is 1. The lowest BCUT2D eigenvalue weighted by Gasteiger charge is -2.14. The minimum absolute atomic E-state index is 0.105. The number of nitrogens with zero attached hydrogens (tertiary/aromatic N) is 2. The zero-order valence-corrected chi connectivity index (χ0v) is 15.3. The van der Waals surface area contributed by atoms with Crippen molar-refractivity contribution in [1.29, 1.82) is 0 Å². The predicted molar refractivity (Wildman–Crippen MR) is 104 cm³/mol. The molecule has 3 rings (SSSR count). The minimum Gasteiger partial charge on any atom is -0.481 e. The van der Waals surface area contributed by atoms with Crippen LogP contribution in [-0.4, -0.2) is 40.6 Å². The summed E-state index contributed by atoms with van der Waals surface area (Å²) >= 11 is 0. The molecule has 0 saturated carbocycles. The first-order valence-electron chi connectivity index (χ1n) is 9.29. The molecule has 0 atom stereocenters. The van der Waals surface area contributed by atoms with Crippen LogP contribution in [0.2, 0.25) is 0 Å². The largest absolute Gasteiger partial charge is 0.481 e. The molecule has 26 heavy (non-hydrogen) atoms. The van der Waals surface area contributed by atoms with E-state index in [2.05, 4.69) is 42.2 Å². The van der Waals surface area contributed by atoms with Gasteiger partial charge in [0.1, 0.15) is 0 Å². The van der Waals surface area contributed by atoms with Crippen molar-refractivity contribution in [2.24, 2.45) is 0 Å². The van der Waals surface area contributed by atoms with E-state index in [1.807, 2.05) is 18.2 Å². The second-order valence-electron chi connectivity index (χ2n) is 6.90. The van der Waals surface area contributed by atoms with Crippen LogP contribution in [0.1, 0.15) is 41.8 Å². The Bertz CT molecular complexity index is 775. The zero-order chi connectivity index (χ0) is 18.4. The van der Waals surface area contributed by atoms with Gasteiger partial charge in [0.15, 0.2) is 0 Å². The number of aryl methyl sites for hydroxylation is 2. The molecule has 136 valence electrons. The van der Waals surface area contributed by atoms with Gasteiger partial charge >= 0.3 is 5.97 Å². The molecule has 1 fully saturated rings. The van der Waals surface area contributed by atoms with Gasteiger partial charge in [-0.2, -0.15) is 0 Å². The van der Waals surface area contributed by atoms with E-state index < -0.39 is 5.97 Å². The van der Waals surface area contributed by atoms with Gasteiger partial charge in [0.2, 0.25) is 0 Å². The topological polar surface area (TPSA) is 53.4 Å². The van der Waals surface area contributed by atoms with E-state index in [1.165, 1.54) is 18.4 Å². The van der Waals surface area contributed by atoms with Gasteiger partial charge in [0.05, 0.1) is 12.1 Å². The Morgan fingerprint density at radius 2 is 1.88 bits per heavy atom. The van der Waals surface area contributed by atoms with Crippen molar-refractivity contribution in [3.8, 4) is 0 Å². The van der Waals surface area contributed by atoms with Crippen LogP contribution in [0.15, 0.2) is 48.5 Å². The SMILES string of the molecule is Cc1ccc(/C(=C\CN2CCCC2)c2cccc(CCC(=O)O)n2)cc1. The summed E-state index contributed by atoms with van der Waals surface area (Å²) in [4.78, 5) is 18.0. The molecule has 4 nitrogen and oxygen atoms in total. The number of carboxylic acids is 1. The number of rotatable bonds is 7. The highest BCUT2D eigenvalue weighted by Crippen LogP contribution is 2.23. The van der Waals surface area contributed by atoms with Gasteiger partial charge in [-0.1, -0.05) is 42.0 Å². The van der Waals surface area contributed by atoms with Crippen molar-refractivity contribution in [2.75, 3.05) is 19.6 Å². The second-order valence-corrected chi connectivity index (χ2v) is 6.90. The molecule has 0 radical (unpaired) electrons. The molecule has 1 saturated heterocycles. The number of pyridine rings is 1. The monoisotopic (exact) mass is 350 g/mol. The first-order valence-corrected chi connectivity index (χ1v) is 9.29. The number of hydrogen-bond acceptors (Lipinski definition) is 3. The van der Waals surface area contributed by atoms with Gasteiger partial charge in [-0.3, -0.25) is 14.7 Å². The third-order valence-electron chi connectivity index (χ3n) is 4.79. The van der Waals surface area contributed by atoms with E-state index in [1.54, 1.807) is 0 Å². The number of aromatic nitrogens is 1. The highest BCUT2D eigenvalue weighted by molar-refractivity contribution is 5.78. The molecular formula is C22H26N2O2. The number of carbonyl (C=O) groups is 1. The summed E-state index contributed by atoms with van der Waals surface area (Å²) in [5.41, 5.74) is 5.24. The Kier molecular flexibility index (Phi) is 6.18. The molecule has 0 amide bonds. The van der Waals surface area contributed by atoms with E-state index >= 15 is 0 Å². The van der Waals surface area contributed by atoms with E-state index in [0.717, 1.165) is 42.2 Å². The molecule has 2 aromatic rings. The molecule has 1 aromatic heterocycles. The van der Waals surface area contributed by atoms with Crippen molar-refractivity contribution in [3.05, 3.63) is 71.1 Å². The maximum atomic E-state index is 10.8. The van der Waals surface area contributed by atoms with Crippen LogP contribution in [0.5, 0.6) is 0 Å². The molecule has 0 aliphatic carbocycles. The Hall–Kier alpha value is -2.46.